The zero-order valence-corrected chi connectivity index (χ0v) is 8.91. The van der Waals surface area contributed by atoms with E-state index in [4.69, 9.17) is 4.74 Å². The van der Waals surface area contributed by atoms with Gasteiger partial charge < -0.3 is 9.84 Å². The van der Waals surface area contributed by atoms with Gasteiger partial charge in [-0.1, -0.05) is 23.8 Å². The van der Waals surface area contributed by atoms with Crippen LogP contribution in [0.2, 0.25) is 0 Å². The van der Waals surface area contributed by atoms with Crippen molar-refractivity contribution in [1.82, 2.24) is 0 Å². The van der Waals surface area contributed by atoms with E-state index in [9.17, 15) is 9.90 Å². The van der Waals surface area contributed by atoms with Crippen molar-refractivity contribution in [3.05, 3.63) is 34.9 Å². The van der Waals surface area contributed by atoms with Gasteiger partial charge in [0.15, 0.2) is 5.60 Å². The number of aryl methyl sites for hydroxylation is 2. The summed E-state index contributed by atoms with van der Waals surface area (Å²) in [5.74, 6) is -0.894. The Hall–Kier alpha value is -1.35. The average Bonchev–Trinajstić information content (AvgIpc) is 2.57. The summed E-state index contributed by atoms with van der Waals surface area (Å²) >= 11 is 0. The molecule has 0 aromatic heterocycles. The van der Waals surface area contributed by atoms with Gasteiger partial charge in [0.1, 0.15) is 0 Å². The average molecular weight is 206 g/mol. The van der Waals surface area contributed by atoms with E-state index in [0.717, 1.165) is 23.1 Å². The monoisotopic (exact) mass is 206 g/mol. The van der Waals surface area contributed by atoms with Crippen LogP contribution in [0.4, 0.5) is 0 Å². The molecule has 15 heavy (non-hydrogen) atoms. The molecule has 2 rings (SSSR count). The zero-order chi connectivity index (χ0) is 11.1. The van der Waals surface area contributed by atoms with Crippen molar-refractivity contribution in [3.63, 3.8) is 0 Å². The molecule has 0 saturated heterocycles. The van der Waals surface area contributed by atoms with Gasteiger partial charge in [-0.05, 0) is 30.9 Å². The Labute approximate surface area is 88.7 Å². The summed E-state index contributed by atoms with van der Waals surface area (Å²) in [6.07, 6.45) is 1.30. The van der Waals surface area contributed by atoms with Crippen LogP contribution in [0.3, 0.4) is 0 Å². The first-order valence-corrected chi connectivity index (χ1v) is 4.99. The molecule has 0 amide bonds. The zero-order valence-electron chi connectivity index (χ0n) is 8.91. The SMILES string of the molecule is COC1(C(=O)O)CCc2ccc(C)cc21. The molecule has 0 spiro atoms. The van der Waals surface area contributed by atoms with Gasteiger partial charge in [-0.3, -0.25) is 0 Å². The normalized spacial score (nSPS) is 23.9. The Bertz CT molecular complexity index is 411. The van der Waals surface area contributed by atoms with Crippen LogP contribution in [0.5, 0.6) is 0 Å². The number of fused-ring (bicyclic) bond motifs is 1. The third-order valence-electron chi connectivity index (χ3n) is 3.14. The molecule has 80 valence electrons. The number of ether oxygens (including phenoxy) is 1. The molecule has 0 bridgehead atoms. The highest BCUT2D eigenvalue weighted by Crippen LogP contribution is 2.40. The summed E-state index contributed by atoms with van der Waals surface area (Å²) in [7, 11) is 1.46. The maximum absolute atomic E-state index is 11.3. The Balaban J connectivity index is 2.59. The van der Waals surface area contributed by atoms with Crippen LogP contribution in [0, 0.1) is 6.92 Å². The fourth-order valence-corrected chi connectivity index (χ4v) is 2.25. The standard InChI is InChI=1S/C12H14O3/c1-8-3-4-9-5-6-12(15-2,11(13)14)10(9)7-8/h3-4,7H,5-6H2,1-2H3,(H,13,14). The molecule has 1 aromatic carbocycles. The van der Waals surface area contributed by atoms with Gasteiger partial charge in [-0.2, -0.15) is 0 Å². The lowest BCUT2D eigenvalue weighted by molar-refractivity contribution is -0.163. The molecule has 0 saturated carbocycles. The van der Waals surface area contributed by atoms with Crippen LogP contribution < -0.4 is 0 Å². The molecule has 1 aliphatic rings. The van der Waals surface area contributed by atoms with Crippen molar-refractivity contribution in [1.29, 1.82) is 0 Å². The molecule has 0 heterocycles. The molecule has 1 unspecified atom stereocenters. The van der Waals surface area contributed by atoms with Crippen molar-refractivity contribution in [2.45, 2.75) is 25.4 Å². The number of aliphatic carboxylic acids is 1. The Morgan fingerprint density at radius 1 is 1.53 bits per heavy atom. The van der Waals surface area contributed by atoms with Crippen molar-refractivity contribution in [3.8, 4) is 0 Å². The number of carbonyl (C=O) groups is 1. The van der Waals surface area contributed by atoms with Crippen molar-refractivity contribution < 1.29 is 14.6 Å². The fourth-order valence-electron chi connectivity index (χ4n) is 2.25. The van der Waals surface area contributed by atoms with Crippen molar-refractivity contribution in [2.24, 2.45) is 0 Å². The Kier molecular flexibility index (Phi) is 2.27. The Morgan fingerprint density at radius 2 is 2.27 bits per heavy atom. The fraction of sp³-hybridized carbons (Fsp3) is 0.417. The van der Waals surface area contributed by atoms with Crippen LogP contribution in [0.1, 0.15) is 23.1 Å². The second kappa shape index (κ2) is 3.35. The molecular weight excluding hydrogens is 192 g/mol. The summed E-state index contributed by atoms with van der Waals surface area (Å²) in [5, 5.41) is 9.28. The van der Waals surface area contributed by atoms with Crippen LogP contribution in [0.15, 0.2) is 18.2 Å². The molecule has 1 N–H and O–H groups in total. The minimum atomic E-state index is -1.12. The van der Waals surface area contributed by atoms with Crippen LogP contribution in [0.25, 0.3) is 0 Å². The van der Waals surface area contributed by atoms with Crippen molar-refractivity contribution in [2.75, 3.05) is 7.11 Å². The Morgan fingerprint density at radius 3 is 2.87 bits per heavy atom. The smallest absolute Gasteiger partial charge is 0.340 e. The third kappa shape index (κ3) is 1.35. The summed E-state index contributed by atoms with van der Waals surface area (Å²) in [4.78, 5) is 11.3. The van der Waals surface area contributed by atoms with E-state index < -0.39 is 11.6 Å². The number of methoxy groups -OCH3 is 1. The summed E-state index contributed by atoms with van der Waals surface area (Å²) in [6, 6.07) is 5.92. The molecule has 1 aromatic rings. The molecule has 0 aliphatic heterocycles. The van der Waals surface area contributed by atoms with E-state index in [0.29, 0.717) is 6.42 Å². The minimum absolute atomic E-state index is 0.525. The molecule has 0 fully saturated rings. The molecule has 1 atom stereocenters. The predicted octanol–water partition coefficient (Wildman–Crippen LogP) is 1.87. The molecule has 3 nitrogen and oxygen atoms in total. The largest absolute Gasteiger partial charge is 0.479 e. The third-order valence-corrected chi connectivity index (χ3v) is 3.14. The molecule has 3 heteroatoms. The molecular formula is C12H14O3. The predicted molar refractivity (Wildman–Crippen MR) is 55.8 cm³/mol. The lowest BCUT2D eigenvalue weighted by Crippen LogP contribution is -2.35. The van der Waals surface area contributed by atoms with Crippen LogP contribution in [-0.4, -0.2) is 18.2 Å². The van der Waals surface area contributed by atoms with E-state index in [-0.39, 0.29) is 0 Å². The number of hydrogen-bond donors (Lipinski definition) is 1. The van der Waals surface area contributed by atoms with Gasteiger partial charge in [-0.15, -0.1) is 0 Å². The first-order chi connectivity index (χ1) is 7.10. The summed E-state index contributed by atoms with van der Waals surface area (Å²) < 4.78 is 5.24. The van der Waals surface area contributed by atoms with Gasteiger partial charge >= 0.3 is 5.97 Å². The van der Waals surface area contributed by atoms with Gasteiger partial charge in [0.2, 0.25) is 0 Å². The summed E-state index contributed by atoms with van der Waals surface area (Å²) in [6.45, 7) is 1.96. The number of benzene rings is 1. The quantitative estimate of drug-likeness (QED) is 0.803. The maximum atomic E-state index is 11.3. The van der Waals surface area contributed by atoms with Crippen molar-refractivity contribution >= 4 is 5.97 Å². The van der Waals surface area contributed by atoms with E-state index in [1.54, 1.807) is 0 Å². The second-order valence-electron chi connectivity index (χ2n) is 4.00. The van der Waals surface area contributed by atoms with E-state index in [2.05, 4.69) is 0 Å². The lowest BCUT2D eigenvalue weighted by Gasteiger charge is -2.23. The maximum Gasteiger partial charge on any atom is 0.340 e. The number of rotatable bonds is 2. The number of hydrogen-bond acceptors (Lipinski definition) is 2. The van der Waals surface area contributed by atoms with E-state index in [1.807, 2.05) is 25.1 Å². The van der Waals surface area contributed by atoms with Gasteiger partial charge in [0.05, 0.1) is 0 Å². The topological polar surface area (TPSA) is 46.5 Å². The number of carboxylic acids is 1. The summed E-state index contributed by atoms with van der Waals surface area (Å²) in [5.41, 5.74) is 1.85. The molecule has 0 radical (unpaired) electrons. The molecule has 1 aliphatic carbocycles. The first kappa shape index (κ1) is 10.2. The first-order valence-electron chi connectivity index (χ1n) is 4.99. The van der Waals surface area contributed by atoms with E-state index >= 15 is 0 Å². The van der Waals surface area contributed by atoms with Crippen LogP contribution >= 0.6 is 0 Å². The highest BCUT2D eigenvalue weighted by molar-refractivity contribution is 5.81. The highest BCUT2D eigenvalue weighted by Gasteiger charge is 2.45. The number of carboxylic acid groups (broad SMARTS) is 1. The van der Waals surface area contributed by atoms with Gasteiger partial charge in [-0.25, -0.2) is 4.79 Å². The van der Waals surface area contributed by atoms with Gasteiger partial charge in [0.25, 0.3) is 0 Å². The van der Waals surface area contributed by atoms with Gasteiger partial charge in [0, 0.05) is 7.11 Å². The minimum Gasteiger partial charge on any atom is -0.479 e. The van der Waals surface area contributed by atoms with E-state index in [1.165, 1.54) is 7.11 Å². The highest BCUT2D eigenvalue weighted by atomic mass is 16.5. The van der Waals surface area contributed by atoms with Crippen LogP contribution in [-0.2, 0) is 21.6 Å². The second-order valence-corrected chi connectivity index (χ2v) is 4.00. The lowest BCUT2D eigenvalue weighted by atomic mass is 9.94.